The van der Waals surface area contributed by atoms with E-state index in [0.29, 0.717) is 12.3 Å². The molecule has 4 aromatic rings. The number of rotatable bonds is 7. The molecule has 0 saturated heterocycles. The number of hydrogen-bond acceptors (Lipinski definition) is 4. The van der Waals surface area contributed by atoms with Gasteiger partial charge in [-0.15, -0.1) is 11.3 Å². The van der Waals surface area contributed by atoms with Crippen LogP contribution in [0, 0.1) is 13.8 Å². The Labute approximate surface area is 186 Å². The molecule has 0 saturated carbocycles. The second-order valence-electron chi connectivity index (χ2n) is 7.41. The normalized spacial score (nSPS) is 10.6. The highest BCUT2D eigenvalue weighted by atomic mass is 32.1. The van der Waals surface area contributed by atoms with Crippen molar-refractivity contribution in [3.63, 3.8) is 0 Å². The average Bonchev–Trinajstić information content (AvgIpc) is 3.30. The van der Waals surface area contributed by atoms with Gasteiger partial charge < -0.3 is 10.1 Å². The van der Waals surface area contributed by atoms with Gasteiger partial charge in [0, 0.05) is 23.1 Å². The summed E-state index contributed by atoms with van der Waals surface area (Å²) in [5, 5.41) is 5.99. The molecule has 0 fully saturated rings. The van der Waals surface area contributed by atoms with Crippen LogP contribution in [0.2, 0.25) is 0 Å². The highest BCUT2D eigenvalue weighted by Gasteiger charge is 2.08. The molecule has 4 nitrogen and oxygen atoms in total. The van der Waals surface area contributed by atoms with Crippen LogP contribution in [0.4, 0.5) is 0 Å². The molecule has 1 heterocycles. The van der Waals surface area contributed by atoms with Crippen LogP contribution in [0.3, 0.4) is 0 Å². The Bertz CT molecular complexity index is 1170. The molecule has 5 heteroatoms. The fourth-order valence-electron chi connectivity index (χ4n) is 3.12. The van der Waals surface area contributed by atoms with Crippen molar-refractivity contribution < 1.29 is 9.53 Å². The van der Waals surface area contributed by atoms with E-state index in [2.05, 4.69) is 22.8 Å². The van der Waals surface area contributed by atoms with Crippen molar-refractivity contribution in [2.24, 2.45) is 0 Å². The van der Waals surface area contributed by atoms with E-state index in [1.165, 1.54) is 5.56 Å². The molecule has 0 aliphatic heterocycles. The van der Waals surface area contributed by atoms with E-state index in [9.17, 15) is 4.79 Å². The molecule has 1 N–H and O–H groups in total. The average molecular weight is 429 g/mol. The fourth-order valence-corrected chi connectivity index (χ4v) is 3.95. The van der Waals surface area contributed by atoms with Gasteiger partial charge in [-0.25, -0.2) is 4.98 Å². The lowest BCUT2D eigenvalue weighted by atomic mass is 10.1. The number of amides is 1. The third-order valence-corrected chi connectivity index (χ3v) is 6.00. The second-order valence-corrected chi connectivity index (χ2v) is 8.27. The summed E-state index contributed by atoms with van der Waals surface area (Å²) in [5.74, 6) is 0.565. The molecule has 31 heavy (non-hydrogen) atoms. The summed E-state index contributed by atoms with van der Waals surface area (Å²) in [6.45, 7) is 4.54. The first-order chi connectivity index (χ1) is 15.1. The van der Waals surface area contributed by atoms with Crippen LogP contribution in [0.1, 0.15) is 16.7 Å². The number of aryl methyl sites for hydroxylation is 2. The number of nitrogens with one attached hydrogen (secondary N) is 1. The molecule has 0 unspecified atom stereocenters. The maximum atomic E-state index is 12.1. The molecule has 1 aromatic heterocycles. The summed E-state index contributed by atoms with van der Waals surface area (Å²) in [6.07, 6.45) is 0. The summed E-state index contributed by atoms with van der Waals surface area (Å²) in [6, 6.07) is 24.1. The van der Waals surface area contributed by atoms with E-state index >= 15 is 0 Å². The van der Waals surface area contributed by atoms with Crippen LogP contribution in [-0.2, 0) is 11.3 Å². The summed E-state index contributed by atoms with van der Waals surface area (Å²) < 4.78 is 5.59. The number of thiazole rings is 1. The van der Waals surface area contributed by atoms with Crippen LogP contribution in [0.15, 0.2) is 78.2 Å². The van der Waals surface area contributed by atoms with Crippen molar-refractivity contribution in [3.8, 4) is 27.6 Å². The minimum Gasteiger partial charge on any atom is -0.484 e. The van der Waals surface area contributed by atoms with Gasteiger partial charge in [-0.05, 0) is 42.7 Å². The molecule has 3 aromatic carbocycles. The Balaban J connectivity index is 1.30. The Hall–Kier alpha value is -3.44. The van der Waals surface area contributed by atoms with Gasteiger partial charge in [0.05, 0.1) is 5.69 Å². The van der Waals surface area contributed by atoms with E-state index in [1.807, 2.05) is 74.5 Å². The summed E-state index contributed by atoms with van der Waals surface area (Å²) in [7, 11) is 0. The van der Waals surface area contributed by atoms with Crippen LogP contribution in [-0.4, -0.2) is 17.5 Å². The van der Waals surface area contributed by atoms with Gasteiger partial charge >= 0.3 is 0 Å². The molecule has 0 spiro atoms. The summed E-state index contributed by atoms with van der Waals surface area (Å²) in [5.41, 5.74) is 6.53. The third kappa shape index (κ3) is 5.38. The number of aromatic nitrogens is 1. The third-order valence-electron chi connectivity index (χ3n) is 5.11. The number of carbonyl (C=O) groups excluding carboxylic acids is 1. The lowest BCUT2D eigenvalue weighted by molar-refractivity contribution is -0.123. The number of nitrogens with zero attached hydrogens (tertiary/aromatic N) is 1. The van der Waals surface area contributed by atoms with Gasteiger partial charge in [0.15, 0.2) is 6.61 Å². The Morgan fingerprint density at radius 1 is 0.935 bits per heavy atom. The Kier molecular flexibility index (Phi) is 6.43. The van der Waals surface area contributed by atoms with Gasteiger partial charge in [0.2, 0.25) is 0 Å². The summed E-state index contributed by atoms with van der Waals surface area (Å²) in [4.78, 5) is 16.9. The highest BCUT2D eigenvalue weighted by Crippen LogP contribution is 2.28. The van der Waals surface area contributed by atoms with Crippen LogP contribution < -0.4 is 10.1 Å². The Morgan fingerprint density at radius 3 is 2.45 bits per heavy atom. The van der Waals surface area contributed by atoms with E-state index in [4.69, 9.17) is 9.72 Å². The van der Waals surface area contributed by atoms with E-state index in [-0.39, 0.29) is 12.5 Å². The first-order valence-corrected chi connectivity index (χ1v) is 11.0. The fraction of sp³-hybridized carbons (Fsp3) is 0.154. The predicted octanol–water partition coefficient (Wildman–Crippen LogP) is 5.79. The van der Waals surface area contributed by atoms with Crippen molar-refractivity contribution in [1.29, 1.82) is 0 Å². The van der Waals surface area contributed by atoms with E-state index in [0.717, 1.165) is 33.0 Å². The smallest absolute Gasteiger partial charge is 0.258 e. The molecule has 0 bridgehead atoms. The zero-order valence-corrected chi connectivity index (χ0v) is 18.4. The predicted molar refractivity (Wildman–Crippen MR) is 126 cm³/mol. The van der Waals surface area contributed by atoms with Gasteiger partial charge in [-0.2, -0.15) is 0 Å². The van der Waals surface area contributed by atoms with Gasteiger partial charge in [0.25, 0.3) is 5.91 Å². The molecule has 0 radical (unpaired) electrons. The van der Waals surface area contributed by atoms with Crippen LogP contribution in [0.25, 0.3) is 21.8 Å². The van der Waals surface area contributed by atoms with E-state index < -0.39 is 0 Å². The molecule has 1 amide bonds. The molecule has 156 valence electrons. The largest absolute Gasteiger partial charge is 0.484 e. The van der Waals surface area contributed by atoms with Crippen molar-refractivity contribution in [2.45, 2.75) is 20.4 Å². The lowest BCUT2D eigenvalue weighted by Gasteiger charge is -2.09. The molecular formula is C26H24N2O2S. The zero-order valence-electron chi connectivity index (χ0n) is 17.6. The first kappa shape index (κ1) is 20.8. The van der Waals surface area contributed by atoms with Gasteiger partial charge in [0.1, 0.15) is 10.8 Å². The van der Waals surface area contributed by atoms with Crippen LogP contribution in [0.5, 0.6) is 5.75 Å². The topological polar surface area (TPSA) is 51.2 Å². The molecule has 0 atom stereocenters. The van der Waals surface area contributed by atoms with Crippen molar-refractivity contribution in [2.75, 3.05) is 6.61 Å². The standard InChI is InChI=1S/C26H24N2O2S/c1-18-8-13-23(14-19(18)2)30-16-25(29)27-15-20-9-11-21(12-10-20)24-17-31-26(28-24)22-6-4-3-5-7-22/h3-14,17H,15-16H2,1-2H3,(H,27,29). The maximum Gasteiger partial charge on any atom is 0.258 e. The zero-order chi connectivity index (χ0) is 21.6. The SMILES string of the molecule is Cc1ccc(OCC(=O)NCc2ccc(-c3csc(-c4ccccc4)n3)cc2)cc1C. The lowest BCUT2D eigenvalue weighted by Crippen LogP contribution is -2.28. The van der Waals surface area contributed by atoms with Crippen molar-refractivity contribution in [3.05, 3.63) is 94.9 Å². The number of benzene rings is 3. The second kappa shape index (κ2) is 9.58. The van der Waals surface area contributed by atoms with Crippen LogP contribution >= 0.6 is 11.3 Å². The molecular weight excluding hydrogens is 404 g/mol. The van der Waals surface area contributed by atoms with Gasteiger partial charge in [-0.3, -0.25) is 4.79 Å². The number of ether oxygens (including phenoxy) is 1. The number of hydrogen-bond donors (Lipinski definition) is 1. The van der Waals surface area contributed by atoms with E-state index in [1.54, 1.807) is 11.3 Å². The minimum atomic E-state index is -0.144. The number of carbonyl (C=O) groups is 1. The van der Waals surface area contributed by atoms with Crippen molar-refractivity contribution in [1.82, 2.24) is 10.3 Å². The van der Waals surface area contributed by atoms with Crippen molar-refractivity contribution >= 4 is 17.2 Å². The highest BCUT2D eigenvalue weighted by molar-refractivity contribution is 7.13. The maximum absolute atomic E-state index is 12.1. The quantitative estimate of drug-likeness (QED) is 0.405. The monoisotopic (exact) mass is 428 g/mol. The minimum absolute atomic E-state index is 0.00166. The molecule has 4 rings (SSSR count). The summed E-state index contributed by atoms with van der Waals surface area (Å²) >= 11 is 1.64. The molecule has 0 aliphatic carbocycles. The first-order valence-electron chi connectivity index (χ1n) is 10.2. The van der Waals surface area contributed by atoms with Gasteiger partial charge in [-0.1, -0.05) is 60.7 Å². The Morgan fingerprint density at radius 2 is 1.71 bits per heavy atom. The molecule has 0 aliphatic rings.